The van der Waals surface area contributed by atoms with Gasteiger partial charge in [0.1, 0.15) is 5.54 Å². The van der Waals surface area contributed by atoms with E-state index in [9.17, 15) is 9.59 Å². The summed E-state index contributed by atoms with van der Waals surface area (Å²) in [5, 5.41) is 10.2. The van der Waals surface area contributed by atoms with Crippen LogP contribution in [0.4, 0.5) is 0 Å². The fraction of sp³-hybridized carbons (Fsp3) is 0.826. The number of nitrogens with zero attached hydrogens (tertiary/aromatic N) is 3. The van der Waals surface area contributed by atoms with Crippen LogP contribution in [0.15, 0.2) is 4.52 Å². The van der Waals surface area contributed by atoms with E-state index in [0.717, 1.165) is 58.2 Å². The molecular weight excluding hydrogens is 410 g/mol. The number of rotatable bonds is 9. The molecule has 0 radical (unpaired) electrons. The van der Waals surface area contributed by atoms with Crippen molar-refractivity contribution in [3.63, 3.8) is 0 Å². The smallest absolute Gasteiger partial charge is 0.227 e. The van der Waals surface area contributed by atoms with Crippen LogP contribution in [0, 0.1) is 5.92 Å². The largest absolute Gasteiger partial charge is 0.374 e. The average Bonchev–Trinajstić information content (AvgIpc) is 3.10. The molecule has 2 N–H and O–H groups in total. The molecule has 0 aromatic carbocycles. The van der Waals surface area contributed by atoms with Crippen LogP contribution >= 0.6 is 0 Å². The first-order valence-corrected chi connectivity index (χ1v) is 12.1. The number of hydrogen-bond acceptors (Lipinski definition) is 7. The van der Waals surface area contributed by atoms with Crippen molar-refractivity contribution in [1.29, 1.82) is 0 Å². The Balaban J connectivity index is 1.47. The van der Waals surface area contributed by atoms with E-state index in [1.165, 1.54) is 6.92 Å². The van der Waals surface area contributed by atoms with E-state index in [2.05, 4.69) is 39.5 Å². The Morgan fingerprint density at radius 1 is 1.22 bits per heavy atom. The summed E-state index contributed by atoms with van der Waals surface area (Å²) in [6, 6.07) is 0. The first-order chi connectivity index (χ1) is 15.4. The van der Waals surface area contributed by atoms with Crippen molar-refractivity contribution in [2.75, 3.05) is 32.8 Å². The molecule has 1 unspecified atom stereocenters. The Kier molecular flexibility index (Phi) is 9.04. The summed E-state index contributed by atoms with van der Waals surface area (Å²) in [5.41, 5.74) is -0.563. The van der Waals surface area contributed by atoms with E-state index in [-0.39, 0.29) is 24.3 Å². The van der Waals surface area contributed by atoms with E-state index < -0.39 is 5.54 Å². The standard InChI is InChI=1S/C23H39N5O4/c1-17(2)15-28-12-13-31-19(16-28)14-24-20(30)8-9-21-25-22(27-32-21)23(26-18(3)29)10-6-4-5-7-11-23/h17,19H,4-16H2,1-3H3,(H,24,30)(H,26,29). The number of ether oxygens (including phenoxy) is 1. The van der Waals surface area contributed by atoms with Crippen molar-refractivity contribution >= 4 is 11.8 Å². The molecule has 2 aliphatic rings. The Morgan fingerprint density at radius 2 is 1.97 bits per heavy atom. The van der Waals surface area contributed by atoms with Crippen molar-refractivity contribution < 1.29 is 18.8 Å². The van der Waals surface area contributed by atoms with Crippen LogP contribution < -0.4 is 10.6 Å². The predicted molar refractivity (Wildman–Crippen MR) is 120 cm³/mol. The summed E-state index contributed by atoms with van der Waals surface area (Å²) in [7, 11) is 0. The second kappa shape index (κ2) is 11.7. The molecule has 2 amide bonds. The molecule has 1 aromatic rings. The topological polar surface area (TPSA) is 110 Å². The lowest BCUT2D eigenvalue weighted by molar-refractivity contribution is -0.122. The number of amides is 2. The highest BCUT2D eigenvalue weighted by Gasteiger charge is 2.38. The molecule has 1 atom stereocenters. The number of carbonyl (C=O) groups is 2. The molecular formula is C23H39N5O4. The Morgan fingerprint density at radius 3 is 2.66 bits per heavy atom. The van der Waals surface area contributed by atoms with Gasteiger partial charge in [-0.15, -0.1) is 0 Å². The lowest BCUT2D eigenvalue weighted by Gasteiger charge is -2.33. The van der Waals surface area contributed by atoms with Crippen LogP contribution in [0.1, 0.15) is 77.4 Å². The van der Waals surface area contributed by atoms with E-state index >= 15 is 0 Å². The highest BCUT2D eigenvalue weighted by atomic mass is 16.5. The Bertz CT molecular complexity index is 743. The fourth-order valence-corrected chi connectivity index (χ4v) is 4.75. The lowest BCUT2D eigenvalue weighted by Crippen LogP contribution is -2.48. The highest BCUT2D eigenvalue weighted by Crippen LogP contribution is 2.34. The molecule has 3 rings (SSSR count). The molecule has 32 heavy (non-hydrogen) atoms. The van der Waals surface area contributed by atoms with Crippen LogP contribution in [-0.4, -0.2) is 65.7 Å². The minimum Gasteiger partial charge on any atom is -0.374 e. The summed E-state index contributed by atoms with van der Waals surface area (Å²) in [6.45, 7) is 10.00. The number of morpholine rings is 1. The number of aromatic nitrogens is 2. The van der Waals surface area contributed by atoms with Gasteiger partial charge >= 0.3 is 0 Å². The molecule has 1 saturated carbocycles. The van der Waals surface area contributed by atoms with E-state index in [4.69, 9.17) is 9.26 Å². The number of hydrogen-bond donors (Lipinski definition) is 2. The fourth-order valence-electron chi connectivity index (χ4n) is 4.75. The minimum absolute atomic E-state index is 0.0224. The van der Waals surface area contributed by atoms with Gasteiger partial charge in [0.25, 0.3) is 0 Å². The van der Waals surface area contributed by atoms with Gasteiger partial charge in [0.15, 0.2) is 5.82 Å². The lowest BCUT2D eigenvalue weighted by atomic mass is 9.89. The second-order valence-electron chi connectivity index (χ2n) is 9.64. The van der Waals surface area contributed by atoms with E-state index in [0.29, 0.717) is 37.2 Å². The predicted octanol–water partition coefficient (Wildman–Crippen LogP) is 2.16. The van der Waals surface area contributed by atoms with Gasteiger partial charge in [0.05, 0.1) is 12.7 Å². The van der Waals surface area contributed by atoms with Crippen LogP contribution in [-0.2, 0) is 26.3 Å². The van der Waals surface area contributed by atoms with Crippen molar-refractivity contribution in [1.82, 2.24) is 25.7 Å². The third-order valence-corrected chi connectivity index (χ3v) is 6.21. The van der Waals surface area contributed by atoms with E-state index in [1.807, 2.05) is 0 Å². The number of aryl methyl sites for hydroxylation is 1. The molecule has 9 heteroatoms. The Labute approximate surface area is 191 Å². The summed E-state index contributed by atoms with van der Waals surface area (Å²) in [4.78, 5) is 31.1. The SMILES string of the molecule is CC(=O)NC1(c2noc(CCC(=O)NCC3CN(CC(C)C)CCO3)n2)CCCCCC1. The van der Waals surface area contributed by atoms with Crippen molar-refractivity contribution in [2.45, 2.75) is 83.8 Å². The monoisotopic (exact) mass is 449 g/mol. The quantitative estimate of drug-likeness (QED) is 0.556. The summed E-state index contributed by atoms with van der Waals surface area (Å²) in [5.74, 6) is 1.44. The molecule has 180 valence electrons. The zero-order valence-electron chi connectivity index (χ0n) is 19.8. The van der Waals surface area contributed by atoms with Gasteiger partial charge in [-0.3, -0.25) is 14.5 Å². The molecule has 9 nitrogen and oxygen atoms in total. The third kappa shape index (κ3) is 7.27. The summed E-state index contributed by atoms with van der Waals surface area (Å²) >= 11 is 0. The van der Waals surface area contributed by atoms with Gasteiger partial charge in [-0.2, -0.15) is 4.98 Å². The van der Waals surface area contributed by atoms with Crippen molar-refractivity contribution in [3.8, 4) is 0 Å². The Hall–Kier alpha value is -2.00. The summed E-state index contributed by atoms with van der Waals surface area (Å²) < 4.78 is 11.2. The molecule has 0 bridgehead atoms. The number of nitrogens with one attached hydrogen (secondary N) is 2. The molecule has 0 spiro atoms. The zero-order chi connectivity index (χ0) is 23.0. The van der Waals surface area contributed by atoms with E-state index in [1.54, 1.807) is 0 Å². The molecule has 1 aliphatic carbocycles. The van der Waals surface area contributed by atoms with Crippen molar-refractivity contribution in [3.05, 3.63) is 11.7 Å². The first-order valence-electron chi connectivity index (χ1n) is 12.1. The molecule has 1 aliphatic heterocycles. The van der Waals surface area contributed by atoms with Gasteiger partial charge in [0, 0.05) is 45.9 Å². The molecule has 2 fully saturated rings. The minimum atomic E-state index is -0.563. The van der Waals surface area contributed by atoms with Crippen molar-refractivity contribution in [2.24, 2.45) is 5.92 Å². The van der Waals surface area contributed by atoms with Gasteiger partial charge in [-0.25, -0.2) is 0 Å². The van der Waals surface area contributed by atoms with Gasteiger partial charge in [-0.1, -0.05) is 44.7 Å². The van der Waals surface area contributed by atoms with Crippen LogP contribution in [0.25, 0.3) is 0 Å². The van der Waals surface area contributed by atoms with Gasteiger partial charge in [-0.05, 0) is 18.8 Å². The maximum atomic E-state index is 12.4. The maximum absolute atomic E-state index is 12.4. The van der Waals surface area contributed by atoms with Crippen LogP contribution in [0.2, 0.25) is 0 Å². The van der Waals surface area contributed by atoms with Crippen LogP contribution in [0.5, 0.6) is 0 Å². The molecule has 1 aromatic heterocycles. The van der Waals surface area contributed by atoms with Gasteiger partial charge < -0.3 is 19.9 Å². The zero-order valence-corrected chi connectivity index (χ0v) is 19.8. The molecule has 1 saturated heterocycles. The third-order valence-electron chi connectivity index (χ3n) is 6.21. The first kappa shape index (κ1) is 24.6. The second-order valence-corrected chi connectivity index (χ2v) is 9.64. The maximum Gasteiger partial charge on any atom is 0.227 e. The number of carbonyl (C=O) groups excluding carboxylic acids is 2. The highest BCUT2D eigenvalue weighted by molar-refractivity contribution is 5.76. The van der Waals surface area contributed by atoms with Crippen LogP contribution in [0.3, 0.4) is 0 Å². The normalized spacial score (nSPS) is 21.8. The van der Waals surface area contributed by atoms with Gasteiger partial charge in [0.2, 0.25) is 17.7 Å². The molecule has 2 heterocycles. The average molecular weight is 450 g/mol. The summed E-state index contributed by atoms with van der Waals surface area (Å²) in [6.07, 6.45) is 6.61.